The van der Waals surface area contributed by atoms with Crippen LogP contribution < -0.4 is 0 Å². The number of thiazole rings is 1. The summed E-state index contributed by atoms with van der Waals surface area (Å²) in [6.07, 6.45) is 8.68. The smallest absolute Gasteiger partial charge is 0.280 e. The van der Waals surface area contributed by atoms with Crippen LogP contribution in [0.2, 0.25) is 0 Å². The molecule has 0 N–H and O–H groups in total. The number of rotatable bonds is 5. The second kappa shape index (κ2) is 9.55. The summed E-state index contributed by atoms with van der Waals surface area (Å²) in [6.45, 7) is 1.81. The van der Waals surface area contributed by atoms with Crippen LogP contribution in [0.5, 0.6) is 0 Å². The van der Waals surface area contributed by atoms with Crippen molar-refractivity contribution >= 4 is 51.1 Å². The third kappa shape index (κ3) is 4.55. The first-order valence-corrected chi connectivity index (χ1v) is 12.8. The van der Waals surface area contributed by atoms with Crippen molar-refractivity contribution in [3.8, 4) is 11.3 Å². The molecule has 0 radical (unpaired) electrons. The first kappa shape index (κ1) is 22.5. The number of nitrogens with zero attached hydrogens (tertiary/aromatic N) is 4. The summed E-state index contributed by atoms with van der Waals surface area (Å²) in [6, 6.07) is 8.56. The van der Waals surface area contributed by atoms with Gasteiger partial charge in [-0.1, -0.05) is 25.3 Å². The Kier molecular flexibility index (Phi) is 6.34. The molecule has 2 aliphatic rings. The van der Waals surface area contributed by atoms with Crippen molar-refractivity contribution in [1.82, 2.24) is 9.88 Å². The van der Waals surface area contributed by atoms with Gasteiger partial charge in [-0.05, 0) is 55.3 Å². The van der Waals surface area contributed by atoms with Gasteiger partial charge in [-0.15, -0.1) is 11.3 Å². The maximum atomic E-state index is 13.4. The quantitative estimate of drug-likeness (QED) is 0.226. The van der Waals surface area contributed by atoms with Gasteiger partial charge in [-0.3, -0.25) is 19.8 Å². The maximum absolute atomic E-state index is 13.4. The molecule has 2 fully saturated rings. The van der Waals surface area contributed by atoms with Gasteiger partial charge in [-0.2, -0.15) is 4.99 Å². The molecule has 1 saturated carbocycles. The van der Waals surface area contributed by atoms with E-state index < -0.39 is 4.92 Å². The van der Waals surface area contributed by atoms with Gasteiger partial charge >= 0.3 is 0 Å². The minimum atomic E-state index is -0.414. The summed E-state index contributed by atoms with van der Waals surface area (Å²) in [4.78, 5) is 35.7. The molecule has 34 heavy (non-hydrogen) atoms. The highest BCUT2D eigenvalue weighted by Gasteiger charge is 2.39. The zero-order chi connectivity index (χ0) is 23.7. The average molecular weight is 495 g/mol. The molecule has 3 heterocycles. The topological polar surface area (TPSA) is 102 Å². The van der Waals surface area contributed by atoms with Crippen molar-refractivity contribution < 1.29 is 14.1 Å². The SMILES string of the molecule is Cc1ccc(-c2ccc(/C=C3/S/C(=N/c4nccs4)N(C4CCCCC4)C3=O)o2)c([N+](=O)[O-])c1. The Bertz CT molecular complexity index is 1290. The molecular weight excluding hydrogens is 472 g/mol. The number of benzene rings is 1. The largest absolute Gasteiger partial charge is 0.456 e. The lowest BCUT2D eigenvalue weighted by Crippen LogP contribution is -2.40. The molecular formula is C24H22N4O4S2. The van der Waals surface area contributed by atoms with Crippen LogP contribution in [0.15, 0.2) is 56.2 Å². The van der Waals surface area contributed by atoms with Crippen molar-refractivity contribution in [3.63, 3.8) is 0 Å². The molecule has 5 rings (SSSR count). The normalized spacial score (nSPS) is 19.4. The van der Waals surface area contributed by atoms with Crippen molar-refractivity contribution in [2.75, 3.05) is 0 Å². The molecule has 174 valence electrons. The third-order valence-corrected chi connectivity index (χ3v) is 7.55. The Hall–Kier alpha value is -3.24. The fraction of sp³-hybridized carbons (Fsp3) is 0.292. The van der Waals surface area contributed by atoms with E-state index in [1.807, 2.05) is 16.3 Å². The number of aliphatic imine (C=N–C) groups is 1. The maximum Gasteiger partial charge on any atom is 0.280 e. The monoisotopic (exact) mass is 494 g/mol. The molecule has 1 amide bonds. The second-order valence-corrected chi connectivity index (χ2v) is 10.1. The predicted octanol–water partition coefficient (Wildman–Crippen LogP) is 6.56. The van der Waals surface area contributed by atoms with Crippen LogP contribution in [0.1, 0.15) is 43.4 Å². The summed E-state index contributed by atoms with van der Waals surface area (Å²) in [5, 5.41) is 14.6. The number of aryl methyl sites for hydroxylation is 1. The number of amidine groups is 1. The van der Waals surface area contributed by atoms with Crippen LogP contribution in [-0.2, 0) is 4.79 Å². The van der Waals surface area contributed by atoms with Gasteiger partial charge in [0.05, 0.1) is 15.4 Å². The first-order chi connectivity index (χ1) is 16.5. The summed E-state index contributed by atoms with van der Waals surface area (Å²) in [5.74, 6) is 0.751. The van der Waals surface area contributed by atoms with Gasteiger partial charge in [0.15, 0.2) is 5.17 Å². The molecule has 0 atom stereocenters. The lowest BCUT2D eigenvalue weighted by atomic mass is 9.94. The van der Waals surface area contributed by atoms with Crippen LogP contribution in [0.25, 0.3) is 17.4 Å². The van der Waals surface area contributed by atoms with E-state index in [0.29, 0.717) is 32.3 Å². The van der Waals surface area contributed by atoms with E-state index in [1.54, 1.807) is 37.4 Å². The van der Waals surface area contributed by atoms with Gasteiger partial charge in [0.25, 0.3) is 11.6 Å². The Morgan fingerprint density at radius 3 is 2.79 bits per heavy atom. The summed E-state index contributed by atoms with van der Waals surface area (Å²) >= 11 is 2.74. The molecule has 2 aromatic heterocycles. The Balaban J connectivity index is 1.47. The molecule has 8 nitrogen and oxygen atoms in total. The van der Waals surface area contributed by atoms with Crippen LogP contribution >= 0.6 is 23.1 Å². The number of thioether (sulfide) groups is 1. The predicted molar refractivity (Wildman–Crippen MR) is 134 cm³/mol. The van der Waals surface area contributed by atoms with Crippen molar-refractivity contribution in [1.29, 1.82) is 0 Å². The molecule has 1 aliphatic heterocycles. The summed E-state index contributed by atoms with van der Waals surface area (Å²) in [7, 11) is 0. The van der Waals surface area contributed by atoms with Gasteiger partial charge in [-0.25, -0.2) is 4.98 Å². The average Bonchev–Trinajstić information content (AvgIpc) is 3.57. The van der Waals surface area contributed by atoms with Gasteiger partial charge in [0.2, 0.25) is 5.13 Å². The molecule has 3 aromatic rings. The second-order valence-electron chi connectivity index (χ2n) is 8.27. The highest BCUT2D eigenvalue weighted by molar-refractivity contribution is 8.18. The molecule has 1 aliphatic carbocycles. The minimum absolute atomic E-state index is 0.0128. The Labute approximate surface area is 204 Å². The van der Waals surface area contributed by atoms with Crippen LogP contribution in [0.3, 0.4) is 0 Å². The minimum Gasteiger partial charge on any atom is -0.456 e. The molecule has 0 unspecified atom stereocenters. The van der Waals surface area contributed by atoms with Crippen molar-refractivity contribution in [2.45, 2.75) is 45.1 Å². The van der Waals surface area contributed by atoms with Crippen LogP contribution in [-0.4, -0.2) is 31.9 Å². The first-order valence-electron chi connectivity index (χ1n) is 11.1. The van der Waals surface area contributed by atoms with E-state index in [-0.39, 0.29) is 17.6 Å². The number of carbonyl (C=O) groups is 1. The number of aromatic nitrogens is 1. The third-order valence-electron chi connectivity index (χ3n) is 5.90. The van der Waals surface area contributed by atoms with Crippen molar-refractivity contribution in [3.05, 3.63) is 68.3 Å². The van der Waals surface area contributed by atoms with Crippen molar-refractivity contribution in [2.24, 2.45) is 4.99 Å². The van der Waals surface area contributed by atoms with Crippen LogP contribution in [0, 0.1) is 17.0 Å². The number of nitro benzene ring substituents is 1. The standard InChI is InChI=1S/C24H22N4O4S2/c1-15-7-9-18(19(13-15)28(30)31)20-10-8-17(32-20)14-21-22(29)27(16-5-3-2-4-6-16)24(34-21)26-23-25-11-12-33-23/h7-14,16H,2-6H2,1H3/b21-14+,26-24+. The number of amides is 1. The van der Waals surface area contributed by atoms with E-state index in [1.165, 1.54) is 35.6 Å². The molecule has 1 aromatic carbocycles. The van der Waals surface area contributed by atoms with E-state index in [2.05, 4.69) is 9.98 Å². The fourth-order valence-corrected chi connectivity index (χ4v) is 5.87. The number of furan rings is 1. The van der Waals surface area contributed by atoms with E-state index in [4.69, 9.17) is 4.42 Å². The van der Waals surface area contributed by atoms with E-state index >= 15 is 0 Å². The van der Waals surface area contributed by atoms with Gasteiger partial charge < -0.3 is 4.42 Å². The fourth-order valence-electron chi connectivity index (χ4n) is 4.28. The van der Waals surface area contributed by atoms with Gasteiger partial charge in [0, 0.05) is 29.8 Å². The van der Waals surface area contributed by atoms with E-state index in [0.717, 1.165) is 31.2 Å². The number of carbonyl (C=O) groups excluding carboxylic acids is 1. The zero-order valence-electron chi connectivity index (χ0n) is 18.5. The zero-order valence-corrected chi connectivity index (χ0v) is 20.1. The van der Waals surface area contributed by atoms with E-state index in [9.17, 15) is 14.9 Å². The van der Waals surface area contributed by atoms with Crippen LogP contribution in [0.4, 0.5) is 10.8 Å². The Morgan fingerprint density at radius 2 is 2.06 bits per heavy atom. The highest BCUT2D eigenvalue weighted by Crippen LogP contribution is 2.39. The number of hydrogen-bond acceptors (Lipinski definition) is 8. The lowest BCUT2D eigenvalue weighted by molar-refractivity contribution is -0.384. The Morgan fingerprint density at radius 1 is 1.24 bits per heavy atom. The summed E-state index contributed by atoms with van der Waals surface area (Å²) in [5.41, 5.74) is 1.19. The molecule has 0 bridgehead atoms. The lowest BCUT2D eigenvalue weighted by Gasteiger charge is -2.30. The highest BCUT2D eigenvalue weighted by atomic mass is 32.2. The van der Waals surface area contributed by atoms with Gasteiger partial charge in [0.1, 0.15) is 11.5 Å². The number of hydrogen-bond donors (Lipinski definition) is 0. The molecule has 1 saturated heterocycles. The molecule has 10 heteroatoms. The molecule has 0 spiro atoms. The summed E-state index contributed by atoms with van der Waals surface area (Å²) < 4.78 is 5.92. The number of nitro groups is 1.